The number of nitriles is 1. The van der Waals surface area contributed by atoms with Gasteiger partial charge in [0, 0.05) is 37.1 Å². The number of fused-ring (bicyclic) bond motifs is 1. The molecule has 0 unspecified atom stereocenters. The molecule has 0 aliphatic rings. The van der Waals surface area contributed by atoms with E-state index in [1.807, 2.05) is 25.1 Å². The number of nitrogens with one attached hydrogen (secondary N) is 3. The molecule has 162 valence electrons. The number of benzene rings is 1. The largest absolute Gasteiger partial charge is 0.395 e. The van der Waals surface area contributed by atoms with Crippen LogP contribution in [0.15, 0.2) is 43.0 Å². The number of carbonyl (C=O) groups excluding carboxylic acids is 1. The minimum Gasteiger partial charge on any atom is -0.395 e. The molecule has 0 atom stereocenters. The fourth-order valence-electron chi connectivity index (χ4n) is 3.16. The van der Waals surface area contributed by atoms with Gasteiger partial charge in [-0.3, -0.25) is 4.79 Å². The summed E-state index contributed by atoms with van der Waals surface area (Å²) in [6.45, 7) is 3.80. The van der Waals surface area contributed by atoms with Crippen LogP contribution < -0.4 is 16.0 Å². The van der Waals surface area contributed by atoms with E-state index >= 15 is 0 Å². The molecule has 1 aromatic carbocycles. The second-order valence-electron chi connectivity index (χ2n) is 7.11. The zero-order valence-corrected chi connectivity index (χ0v) is 17.5. The second-order valence-corrected chi connectivity index (χ2v) is 7.11. The van der Waals surface area contributed by atoms with Crippen LogP contribution in [-0.2, 0) is 11.3 Å². The Morgan fingerprint density at radius 3 is 2.84 bits per heavy atom. The molecular formula is C21H21N9O2. The molecule has 1 amide bonds. The summed E-state index contributed by atoms with van der Waals surface area (Å²) in [5, 5.41) is 32.0. The van der Waals surface area contributed by atoms with Gasteiger partial charge in [-0.25, -0.2) is 9.97 Å². The molecule has 0 radical (unpaired) electrons. The molecular weight excluding hydrogens is 410 g/mol. The molecule has 4 aromatic rings. The molecule has 0 saturated carbocycles. The Morgan fingerprint density at radius 1 is 1.25 bits per heavy atom. The third-order valence-electron chi connectivity index (χ3n) is 4.66. The average Bonchev–Trinajstić information content (AvgIpc) is 3.37. The highest BCUT2D eigenvalue weighted by atomic mass is 16.3. The summed E-state index contributed by atoms with van der Waals surface area (Å²) < 4.78 is 3.27. The number of aliphatic hydroxyl groups is 1. The van der Waals surface area contributed by atoms with Crippen molar-refractivity contribution in [1.29, 1.82) is 5.26 Å². The average molecular weight is 431 g/mol. The number of anilines is 5. The quantitative estimate of drug-likeness (QED) is 0.349. The lowest BCUT2D eigenvalue weighted by atomic mass is 10.1. The zero-order valence-electron chi connectivity index (χ0n) is 17.5. The maximum atomic E-state index is 11.5. The van der Waals surface area contributed by atoms with Crippen LogP contribution in [0, 0.1) is 18.3 Å². The molecule has 11 nitrogen and oxygen atoms in total. The van der Waals surface area contributed by atoms with Gasteiger partial charge in [-0.05, 0) is 24.6 Å². The predicted octanol–water partition coefficient (Wildman–Crippen LogP) is 2.54. The zero-order chi connectivity index (χ0) is 22.7. The van der Waals surface area contributed by atoms with E-state index in [2.05, 4.69) is 37.1 Å². The molecule has 0 fully saturated rings. The van der Waals surface area contributed by atoms with Gasteiger partial charge in [0.15, 0.2) is 5.65 Å². The number of amides is 1. The molecule has 0 spiro atoms. The lowest BCUT2D eigenvalue weighted by Crippen LogP contribution is -2.08. The smallest absolute Gasteiger partial charge is 0.221 e. The first kappa shape index (κ1) is 20.8. The Kier molecular flexibility index (Phi) is 5.69. The molecule has 4 N–H and O–H groups in total. The van der Waals surface area contributed by atoms with E-state index in [9.17, 15) is 10.1 Å². The van der Waals surface area contributed by atoms with Crippen LogP contribution in [0.1, 0.15) is 18.1 Å². The van der Waals surface area contributed by atoms with Crippen molar-refractivity contribution in [3.63, 3.8) is 0 Å². The van der Waals surface area contributed by atoms with E-state index in [-0.39, 0.29) is 12.5 Å². The fraction of sp³-hybridized carbons (Fsp3) is 0.190. The number of aliphatic hydroxyl groups excluding tert-OH is 1. The maximum Gasteiger partial charge on any atom is 0.221 e. The third kappa shape index (κ3) is 4.35. The summed E-state index contributed by atoms with van der Waals surface area (Å²) in [6.07, 6.45) is 4.81. The summed E-state index contributed by atoms with van der Waals surface area (Å²) in [5.74, 6) is 1.41. The van der Waals surface area contributed by atoms with Crippen molar-refractivity contribution >= 4 is 40.4 Å². The summed E-state index contributed by atoms with van der Waals surface area (Å²) in [6, 6.07) is 9.41. The van der Waals surface area contributed by atoms with Crippen LogP contribution in [0.3, 0.4) is 0 Å². The van der Waals surface area contributed by atoms with E-state index in [1.165, 1.54) is 17.6 Å². The molecule has 0 aliphatic carbocycles. The number of rotatable bonds is 7. The fourth-order valence-corrected chi connectivity index (χ4v) is 3.16. The number of carbonyl (C=O) groups is 1. The number of aryl methyl sites for hydroxylation is 1. The molecule has 0 aliphatic heterocycles. The number of aromatic nitrogens is 5. The highest BCUT2D eigenvalue weighted by molar-refractivity contribution is 5.90. The standard InChI is InChI=1S/C21H21N9O2/c1-13-3-4-16(7-17(13)25-14(2)32)26-18-8-20(27-19-11-29(5-6-31)12-23-19)30-21(28-18)15(9-22)10-24-30/h3-4,7-8,10-12,27,31H,5-6H2,1-2H3,(H,25,32)(H,26,28). The van der Waals surface area contributed by atoms with Crippen LogP contribution >= 0.6 is 0 Å². The van der Waals surface area contributed by atoms with Gasteiger partial charge >= 0.3 is 0 Å². The van der Waals surface area contributed by atoms with Crippen LogP contribution in [0.4, 0.5) is 28.8 Å². The van der Waals surface area contributed by atoms with E-state index in [0.29, 0.717) is 46.6 Å². The molecule has 0 saturated heterocycles. The van der Waals surface area contributed by atoms with Crippen LogP contribution in [0.25, 0.3) is 5.65 Å². The van der Waals surface area contributed by atoms with Crippen molar-refractivity contribution < 1.29 is 9.90 Å². The van der Waals surface area contributed by atoms with Gasteiger partial charge in [-0.1, -0.05) is 6.07 Å². The summed E-state index contributed by atoms with van der Waals surface area (Å²) in [7, 11) is 0. The summed E-state index contributed by atoms with van der Waals surface area (Å²) in [4.78, 5) is 20.3. The van der Waals surface area contributed by atoms with Gasteiger partial charge < -0.3 is 25.6 Å². The lowest BCUT2D eigenvalue weighted by Gasteiger charge is -2.13. The van der Waals surface area contributed by atoms with Gasteiger partial charge in [0.05, 0.1) is 19.1 Å². The Morgan fingerprint density at radius 2 is 2.09 bits per heavy atom. The van der Waals surface area contributed by atoms with Crippen LogP contribution in [0.5, 0.6) is 0 Å². The van der Waals surface area contributed by atoms with Crippen molar-refractivity contribution in [2.75, 3.05) is 22.6 Å². The van der Waals surface area contributed by atoms with Gasteiger partial charge in [0.2, 0.25) is 5.91 Å². The molecule has 11 heteroatoms. The highest BCUT2D eigenvalue weighted by Gasteiger charge is 2.13. The molecule has 0 bridgehead atoms. The molecule has 3 heterocycles. The van der Waals surface area contributed by atoms with Crippen molar-refractivity contribution in [3.05, 3.63) is 54.1 Å². The van der Waals surface area contributed by atoms with Crippen molar-refractivity contribution in [2.45, 2.75) is 20.4 Å². The SMILES string of the molecule is CC(=O)Nc1cc(Nc2cc(Nc3cn(CCO)cn3)n3ncc(C#N)c3n2)ccc1C. The van der Waals surface area contributed by atoms with Gasteiger partial charge in [-0.15, -0.1) is 0 Å². The number of hydrogen-bond acceptors (Lipinski definition) is 8. The van der Waals surface area contributed by atoms with Crippen LogP contribution in [-0.4, -0.2) is 41.8 Å². The Labute approximate surface area is 183 Å². The first-order valence-corrected chi connectivity index (χ1v) is 9.80. The minimum absolute atomic E-state index is 0.00504. The number of imidazole rings is 1. The summed E-state index contributed by atoms with van der Waals surface area (Å²) >= 11 is 0. The summed E-state index contributed by atoms with van der Waals surface area (Å²) in [5.41, 5.74) is 3.04. The Hall–Kier alpha value is -4.43. The van der Waals surface area contributed by atoms with Gasteiger partial charge in [-0.2, -0.15) is 14.9 Å². The topological polar surface area (TPSA) is 145 Å². The predicted molar refractivity (Wildman–Crippen MR) is 119 cm³/mol. The second kappa shape index (κ2) is 8.75. The minimum atomic E-state index is -0.158. The van der Waals surface area contributed by atoms with Crippen molar-refractivity contribution in [1.82, 2.24) is 24.1 Å². The maximum absolute atomic E-state index is 11.5. The Balaban J connectivity index is 1.70. The molecule has 3 aromatic heterocycles. The third-order valence-corrected chi connectivity index (χ3v) is 4.66. The van der Waals surface area contributed by atoms with E-state index < -0.39 is 0 Å². The normalized spacial score (nSPS) is 10.7. The number of hydrogen-bond donors (Lipinski definition) is 4. The highest BCUT2D eigenvalue weighted by Crippen LogP contribution is 2.26. The first-order chi connectivity index (χ1) is 15.5. The molecule has 32 heavy (non-hydrogen) atoms. The number of nitrogens with zero attached hydrogens (tertiary/aromatic N) is 6. The van der Waals surface area contributed by atoms with E-state index in [4.69, 9.17) is 5.11 Å². The monoisotopic (exact) mass is 431 g/mol. The van der Waals surface area contributed by atoms with Gasteiger partial charge in [0.1, 0.15) is 29.1 Å². The lowest BCUT2D eigenvalue weighted by molar-refractivity contribution is -0.114. The first-order valence-electron chi connectivity index (χ1n) is 9.80. The van der Waals surface area contributed by atoms with Crippen molar-refractivity contribution in [2.24, 2.45) is 0 Å². The van der Waals surface area contributed by atoms with E-state index in [1.54, 1.807) is 23.2 Å². The van der Waals surface area contributed by atoms with Gasteiger partial charge in [0.25, 0.3) is 0 Å². The van der Waals surface area contributed by atoms with Crippen LogP contribution in [0.2, 0.25) is 0 Å². The Bertz CT molecular complexity index is 1330. The van der Waals surface area contributed by atoms with Crippen molar-refractivity contribution in [3.8, 4) is 6.07 Å². The van der Waals surface area contributed by atoms with E-state index in [0.717, 1.165) is 5.56 Å². The molecule has 4 rings (SSSR count).